The topological polar surface area (TPSA) is 26.3 Å². The Balaban J connectivity index is 2.33. The van der Waals surface area contributed by atoms with Crippen LogP contribution in [0.4, 0.5) is 0 Å². The van der Waals surface area contributed by atoms with Gasteiger partial charge in [0.15, 0.2) is 0 Å². The fourth-order valence-electron chi connectivity index (χ4n) is 1.02. The zero-order valence-electron chi connectivity index (χ0n) is 7.54. The summed E-state index contributed by atoms with van der Waals surface area (Å²) in [5.41, 5.74) is 1.07. The Morgan fingerprint density at radius 1 is 1.67 bits per heavy atom. The van der Waals surface area contributed by atoms with Gasteiger partial charge in [-0.2, -0.15) is 0 Å². The molecule has 0 saturated carbocycles. The molecule has 0 spiro atoms. The Morgan fingerprint density at radius 2 is 2.42 bits per heavy atom. The molecular weight excluding hydrogens is 152 g/mol. The highest BCUT2D eigenvalue weighted by Gasteiger charge is 2.10. The molecule has 0 aromatic rings. The molecule has 2 heteroatoms. The van der Waals surface area contributed by atoms with Gasteiger partial charge in [0.25, 0.3) is 0 Å². The van der Waals surface area contributed by atoms with Crippen LogP contribution >= 0.6 is 0 Å². The Labute approximate surface area is 72.9 Å². The van der Waals surface area contributed by atoms with Crippen molar-refractivity contribution in [1.29, 1.82) is 0 Å². The smallest absolute Gasteiger partial charge is 0.331 e. The highest BCUT2D eigenvalue weighted by molar-refractivity contribution is 5.85. The fourth-order valence-corrected chi connectivity index (χ4v) is 1.02. The molecule has 1 aliphatic rings. The monoisotopic (exact) mass is 166 g/mol. The first-order chi connectivity index (χ1) is 5.68. The number of hydrogen-bond acceptors (Lipinski definition) is 2. The molecule has 0 unspecified atom stereocenters. The van der Waals surface area contributed by atoms with E-state index in [1.165, 1.54) is 0 Å². The predicted octanol–water partition coefficient (Wildman–Crippen LogP) is 2.07. The lowest BCUT2D eigenvalue weighted by molar-refractivity contribution is -0.134. The summed E-state index contributed by atoms with van der Waals surface area (Å²) < 4.78 is 4.76. The van der Waals surface area contributed by atoms with Gasteiger partial charge in [0.05, 0.1) is 0 Å². The molecule has 0 aliphatic carbocycles. The minimum absolute atomic E-state index is 0.206. The number of hydrogen-bond donors (Lipinski definition) is 0. The summed E-state index contributed by atoms with van der Waals surface area (Å²) in [4.78, 5) is 10.6. The molecule has 1 heterocycles. The van der Waals surface area contributed by atoms with E-state index < -0.39 is 0 Å². The minimum Gasteiger partial charge on any atom is -0.458 e. The van der Waals surface area contributed by atoms with E-state index in [-0.39, 0.29) is 5.97 Å². The van der Waals surface area contributed by atoms with Crippen LogP contribution in [-0.2, 0) is 9.53 Å². The second kappa shape index (κ2) is 4.10. The Bertz CT molecular complexity index is 224. The van der Waals surface area contributed by atoms with Crippen LogP contribution in [0.5, 0.6) is 0 Å². The number of rotatable bonds is 3. The van der Waals surface area contributed by atoms with Crippen LogP contribution in [0.25, 0.3) is 0 Å². The molecule has 0 bridgehead atoms. The molecule has 0 fully saturated rings. The molecule has 0 amide bonds. The molecule has 12 heavy (non-hydrogen) atoms. The fraction of sp³-hybridized carbons (Fsp3) is 0.500. The predicted molar refractivity (Wildman–Crippen MR) is 47.6 cm³/mol. The maximum Gasteiger partial charge on any atom is 0.331 e. The first kappa shape index (κ1) is 9.04. The normalized spacial score (nSPS) is 17.2. The van der Waals surface area contributed by atoms with Gasteiger partial charge in [-0.15, -0.1) is 0 Å². The molecule has 0 aromatic carbocycles. The summed E-state index contributed by atoms with van der Waals surface area (Å²) in [6.45, 7) is 4.73. The van der Waals surface area contributed by atoms with Crippen molar-refractivity contribution in [1.82, 2.24) is 0 Å². The van der Waals surface area contributed by atoms with Crippen LogP contribution in [-0.4, -0.2) is 12.6 Å². The molecule has 2 nitrogen and oxygen atoms in total. The van der Waals surface area contributed by atoms with Crippen molar-refractivity contribution in [2.45, 2.75) is 20.3 Å². The van der Waals surface area contributed by atoms with Crippen LogP contribution in [0.15, 0.2) is 23.8 Å². The van der Waals surface area contributed by atoms with E-state index in [1.807, 2.05) is 0 Å². The van der Waals surface area contributed by atoms with Crippen molar-refractivity contribution < 1.29 is 9.53 Å². The minimum atomic E-state index is -0.206. The van der Waals surface area contributed by atoms with Crippen LogP contribution in [0.2, 0.25) is 0 Å². The van der Waals surface area contributed by atoms with Gasteiger partial charge in [-0.1, -0.05) is 26.0 Å². The maximum absolute atomic E-state index is 10.6. The molecule has 0 atom stereocenters. The largest absolute Gasteiger partial charge is 0.458 e. The van der Waals surface area contributed by atoms with Gasteiger partial charge >= 0.3 is 5.97 Å². The highest BCUT2D eigenvalue weighted by atomic mass is 16.5. The van der Waals surface area contributed by atoms with Crippen molar-refractivity contribution in [3.8, 4) is 0 Å². The summed E-state index contributed by atoms with van der Waals surface area (Å²) in [5.74, 6) is 0.367. The van der Waals surface area contributed by atoms with Gasteiger partial charge in [-0.05, 0) is 17.9 Å². The maximum atomic E-state index is 10.6. The Morgan fingerprint density at radius 3 is 2.92 bits per heavy atom. The van der Waals surface area contributed by atoms with E-state index >= 15 is 0 Å². The number of cyclic esters (lactones) is 1. The lowest BCUT2D eigenvalue weighted by Crippen LogP contribution is -1.91. The molecule has 0 N–H and O–H groups in total. The SMILES string of the molecule is CC(C)/C=C\CC1=CC(=O)OC1. The van der Waals surface area contributed by atoms with Crippen LogP contribution in [0, 0.1) is 5.92 Å². The van der Waals surface area contributed by atoms with Crippen molar-refractivity contribution in [2.75, 3.05) is 6.61 Å². The first-order valence-corrected chi connectivity index (χ1v) is 4.21. The second-order valence-corrected chi connectivity index (χ2v) is 3.29. The molecule has 0 aromatic heterocycles. The summed E-state index contributed by atoms with van der Waals surface area (Å²) in [6.07, 6.45) is 6.62. The Kier molecular flexibility index (Phi) is 3.09. The lowest BCUT2D eigenvalue weighted by atomic mass is 10.1. The van der Waals surface area contributed by atoms with Crippen molar-refractivity contribution in [3.05, 3.63) is 23.8 Å². The molecular formula is C10H14O2. The summed E-state index contributed by atoms with van der Waals surface area (Å²) >= 11 is 0. The lowest BCUT2D eigenvalue weighted by Gasteiger charge is -1.95. The molecule has 0 saturated heterocycles. The summed E-state index contributed by atoms with van der Waals surface area (Å²) in [5, 5.41) is 0. The van der Waals surface area contributed by atoms with E-state index in [0.29, 0.717) is 12.5 Å². The number of ether oxygens (including phenoxy) is 1. The van der Waals surface area contributed by atoms with Crippen molar-refractivity contribution in [3.63, 3.8) is 0 Å². The third-order valence-corrected chi connectivity index (χ3v) is 1.62. The van der Waals surface area contributed by atoms with E-state index in [4.69, 9.17) is 4.74 Å². The highest BCUT2D eigenvalue weighted by Crippen LogP contribution is 2.11. The molecule has 1 rings (SSSR count). The van der Waals surface area contributed by atoms with Crippen LogP contribution in [0.3, 0.4) is 0 Å². The molecule has 0 radical (unpaired) electrons. The zero-order valence-corrected chi connectivity index (χ0v) is 7.54. The third kappa shape index (κ3) is 2.91. The van der Waals surface area contributed by atoms with E-state index in [0.717, 1.165) is 12.0 Å². The third-order valence-electron chi connectivity index (χ3n) is 1.62. The number of allylic oxidation sites excluding steroid dienone is 2. The van der Waals surface area contributed by atoms with Crippen LogP contribution in [0.1, 0.15) is 20.3 Å². The van der Waals surface area contributed by atoms with E-state index in [1.54, 1.807) is 6.08 Å². The number of carbonyl (C=O) groups excluding carboxylic acids is 1. The van der Waals surface area contributed by atoms with E-state index in [2.05, 4.69) is 26.0 Å². The molecule has 66 valence electrons. The van der Waals surface area contributed by atoms with Gasteiger partial charge in [-0.25, -0.2) is 4.79 Å². The average molecular weight is 166 g/mol. The number of esters is 1. The standard InChI is InChI=1S/C10H14O2/c1-8(2)4-3-5-9-6-10(11)12-7-9/h3-4,6,8H,5,7H2,1-2H3/b4-3-. The van der Waals surface area contributed by atoms with Gasteiger partial charge in [0.1, 0.15) is 6.61 Å². The quantitative estimate of drug-likeness (QED) is 0.474. The second-order valence-electron chi connectivity index (χ2n) is 3.29. The first-order valence-electron chi connectivity index (χ1n) is 4.21. The summed E-state index contributed by atoms with van der Waals surface area (Å²) in [6, 6.07) is 0. The van der Waals surface area contributed by atoms with Crippen LogP contribution < -0.4 is 0 Å². The summed E-state index contributed by atoms with van der Waals surface area (Å²) in [7, 11) is 0. The van der Waals surface area contributed by atoms with Gasteiger partial charge < -0.3 is 4.74 Å². The van der Waals surface area contributed by atoms with Crippen molar-refractivity contribution in [2.24, 2.45) is 5.92 Å². The van der Waals surface area contributed by atoms with Gasteiger partial charge in [-0.3, -0.25) is 0 Å². The van der Waals surface area contributed by atoms with Crippen molar-refractivity contribution >= 4 is 5.97 Å². The number of carbonyl (C=O) groups is 1. The van der Waals surface area contributed by atoms with E-state index in [9.17, 15) is 4.79 Å². The molecule has 1 aliphatic heterocycles. The zero-order chi connectivity index (χ0) is 8.97. The van der Waals surface area contributed by atoms with Gasteiger partial charge in [0.2, 0.25) is 0 Å². The van der Waals surface area contributed by atoms with Gasteiger partial charge in [0, 0.05) is 6.08 Å². The average Bonchev–Trinajstić information content (AvgIpc) is 2.35. The Hall–Kier alpha value is -1.05.